The van der Waals surface area contributed by atoms with E-state index in [0.717, 1.165) is 33.9 Å². The molecule has 0 N–H and O–H groups in total. The number of para-hydroxylation sites is 2. The highest BCUT2D eigenvalue weighted by atomic mass is 15.3. The summed E-state index contributed by atoms with van der Waals surface area (Å²) in [7, 11) is 0. The Morgan fingerprint density at radius 3 is 1.60 bits per heavy atom. The van der Waals surface area contributed by atoms with Crippen LogP contribution in [0.2, 0.25) is 0 Å². The standard InChI is InChI=1S/C40H29N3/c1-28-15-17-31(18-16-28)37-27-40(32-21-19-30(20-22-32)29-9-3-2-4-10-29)43(41-37)34-25-23-33(24-26-34)42-38-13-7-5-11-35(38)36-12-6-8-14-39(36)42/h2-27H,1H3. The van der Waals surface area contributed by atoms with E-state index in [9.17, 15) is 0 Å². The van der Waals surface area contributed by atoms with Gasteiger partial charge >= 0.3 is 0 Å². The van der Waals surface area contributed by atoms with Crippen LogP contribution in [-0.2, 0) is 0 Å². The molecule has 0 fully saturated rings. The predicted octanol–water partition coefficient (Wildman–Crippen LogP) is 10.3. The minimum atomic E-state index is 0.952. The van der Waals surface area contributed by atoms with Crippen LogP contribution in [0.25, 0.3) is 66.8 Å². The fourth-order valence-corrected chi connectivity index (χ4v) is 6.06. The molecule has 0 aliphatic heterocycles. The Morgan fingerprint density at radius 1 is 0.442 bits per heavy atom. The van der Waals surface area contributed by atoms with Gasteiger partial charge < -0.3 is 4.57 Å². The molecule has 204 valence electrons. The zero-order valence-corrected chi connectivity index (χ0v) is 23.9. The van der Waals surface area contributed by atoms with E-state index < -0.39 is 0 Å². The highest BCUT2D eigenvalue weighted by Crippen LogP contribution is 2.34. The second kappa shape index (κ2) is 10.3. The molecule has 0 bridgehead atoms. The summed E-state index contributed by atoms with van der Waals surface area (Å²) in [5, 5.41) is 7.66. The number of rotatable bonds is 5. The molecule has 3 heteroatoms. The molecule has 8 rings (SSSR count). The molecule has 0 saturated carbocycles. The molecule has 3 nitrogen and oxygen atoms in total. The lowest BCUT2D eigenvalue weighted by Crippen LogP contribution is -2.00. The Morgan fingerprint density at radius 2 is 0.953 bits per heavy atom. The molecule has 0 amide bonds. The van der Waals surface area contributed by atoms with Gasteiger partial charge in [0.05, 0.1) is 28.1 Å². The molecule has 8 aromatic rings. The molecule has 0 unspecified atom stereocenters. The van der Waals surface area contributed by atoms with Crippen molar-refractivity contribution in [2.24, 2.45) is 0 Å². The summed E-state index contributed by atoms with van der Waals surface area (Å²) >= 11 is 0. The minimum absolute atomic E-state index is 0.952. The molecule has 0 aliphatic carbocycles. The molecule has 0 spiro atoms. The van der Waals surface area contributed by atoms with Crippen LogP contribution in [0.15, 0.2) is 158 Å². The molecule has 6 aromatic carbocycles. The number of aryl methyl sites for hydroxylation is 1. The summed E-state index contributed by atoms with van der Waals surface area (Å²) in [6.07, 6.45) is 0. The number of aromatic nitrogens is 3. The van der Waals surface area contributed by atoms with Crippen molar-refractivity contribution in [1.82, 2.24) is 14.3 Å². The highest BCUT2D eigenvalue weighted by molar-refractivity contribution is 6.09. The van der Waals surface area contributed by atoms with Gasteiger partial charge in [-0.3, -0.25) is 0 Å². The van der Waals surface area contributed by atoms with E-state index in [1.807, 2.05) is 0 Å². The second-order valence-electron chi connectivity index (χ2n) is 11.0. The van der Waals surface area contributed by atoms with Crippen LogP contribution in [0.4, 0.5) is 0 Å². The zero-order valence-electron chi connectivity index (χ0n) is 23.9. The van der Waals surface area contributed by atoms with Gasteiger partial charge in [-0.1, -0.05) is 121 Å². The Kier molecular flexibility index (Phi) is 6.01. The topological polar surface area (TPSA) is 22.8 Å². The van der Waals surface area contributed by atoms with Gasteiger partial charge in [-0.15, -0.1) is 0 Å². The molecule has 0 atom stereocenters. The molecule has 0 aliphatic rings. The van der Waals surface area contributed by atoms with Crippen molar-refractivity contribution >= 4 is 21.8 Å². The summed E-state index contributed by atoms with van der Waals surface area (Å²) < 4.78 is 4.42. The van der Waals surface area contributed by atoms with Crippen molar-refractivity contribution in [2.75, 3.05) is 0 Å². The molecular formula is C40H29N3. The zero-order chi connectivity index (χ0) is 28.8. The van der Waals surface area contributed by atoms with Crippen molar-refractivity contribution in [1.29, 1.82) is 0 Å². The maximum absolute atomic E-state index is 5.14. The lowest BCUT2D eigenvalue weighted by atomic mass is 10.0. The first-order chi connectivity index (χ1) is 21.2. The normalized spacial score (nSPS) is 11.4. The van der Waals surface area contributed by atoms with Crippen molar-refractivity contribution < 1.29 is 0 Å². The molecular weight excluding hydrogens is 522 g/mol. The molecule has 0 saturated heterocycles. The number of benzene rings is 6. The highest BCUT2D eigenvalue weighted by Gasteiger charge is 2.15. The third kappa shape index (κ3) is 4.43. The maximum atomic E-state index is 5.14. The third-order valence-corrected chi connectivity index (χ3v) is 8.28. The van der Waals surface area contributed by atoms with Gasteiger partial charge in [0, 0.05) is 27.6 Å². The van der Waals surface area contributed by atoms with Crippen LogP contribution in [0.3, 0.4) is 0 Å². The van der Waals surface area contributed by atoms with Crippen LogP contribution >= 0.6 is 0 Å². The lowest BCUT2D eigenvalue weighted by Gasteiger charge is -2.11. The van der Waals surface area contributed by atoms with Gasteiger partial charge in [-0.25, -0.2) is 4.68 Å². The minimum Gasteiger partial charge on any atom is -0.309 e. The number of nitrogens with zero attached hydrogens (tertiary/aromatic N) is 3. The van der Waals surface area contributed by atoms with Gasteiger partial charge in [0.2, 0.25) is 0 Å². The Labute approximate surface area is 250 Å². The Bertz CT molecular complexity index is 2150. The van der Waals surface area contributed by atoms with Crippen molar-refractivity contribution in [3.63, 3.8) is 0 Å². The van der Waals surface area contributed by atoms with Gasteiger partial charge in [0.15, 0.2) is 0 Å². The average molecular weight is 552 g/mol. The molecule has 2 heterocycles. The second-order valence-corrected chi connectivity index (χ2v) is 11.0. The van der Waals surface area contributed by atoms with Gasteiger partial charge in [0.1, 0.15) is 0 Å². The largest absolute Gasteiger partial charge is 0.309 e. The SMILES string of the molecule is Cc1ccc(-c2cc(-c3ccc(-c4ccccc4)cc3)n(-c3ccc(-n4c5ccccc5c5ccccc54)cc3)n2)cc1. The third-order valence-electron chi connectivity index (χ3n) is 8.28. The Balaban J connectivity index is 1.24. The van der Waals surface area contributed by atoms with Gasteiger partial charge in [-0.05, 0) is 60.5 Å². The lowest BCUT2D eigenvalue weighted by molar-refractivity contribution is 0.891. The van der Waals surface area contributed by atoms with E-state index in [1.54, 1.807) is 0 Å². The predicted molar refractivity (Wildman–Crippen MR) is 179 cm³/mol. The van der Waals surface area contributed by atoms with Gasteiger partial charge in [0.25, 0.3) is 0 Å². The first kappa shape index (κ1) is 25.1. The molecule has 0 radical (unpaired) electrons. The maximum Gasteiger partial charge on any atom is 0.0934 e. The van der Waals surface area contributed by atoms with Crippen molar-refractivity contribution in [3.8, 4) is 45.0 Å². The van der Waals surface area contributed by atoms with Crippen LogP contribution in [0.1, 0.15) is 5.56 Å². The fourth-order valence-electron chi connectivity index (χ4n) is 6.06. The molecule has 43 heavy (non-hydrogen) atoms. The Hall–Kier alpha value is -5.67. The van der Waals surface area contributed by atoms with E-state index >= 15 is 0 Å². The van der Waals surface area contributed by atoms with Gasteiger partial charge in [-0.2, -0.15) is 5.10 Å². The quantitative estimate of drug-likeness (QED) is 0.209. The number of hydrogen-bond acceptors (Lipinski definition) is 1. The van der Waals surface area contributed by atoms with E-state index in [-0.39, 0.29) is 0 Å². The van der Waals surface area contributed by atoms with Crippen LogP contribution < -0.4 is 0 Å². The molecule has 2 aromatic heterocycles. The summed E-state index contributed by atoms with van der Waals surface area (Å²) in [5.41, 5.74) is 12.4. The first-order valence-electron chi connectivity index (χ1n) is 14.6. The first-order valence-corrected chi connectivity index (χ1v) is 14.6. The monoisotopic (exact) mass is 551 g/mol. The van der Waals surface area contributed by atoms with E-state index in [4.69, 9.17) is 5.10 Å². The van der Waals surface area contributed by atoms with Crippen LogP contribution in [0, 0.1) is 6.92 Å². The van der Waals surface area contributed by atoms with E-state index in [0.29, 0.717) is 0 Å². The van der Waals surface area contributed by atoms with E-state index in [2.05, 4.69) is 174 Å². The fraction of sp³-hybridized carbons (Fsp3) is 0.0250. The van der Waals surface area contributed by atoms with Crippen LogP contribution in [-0.4, -0.2) is 14.3 Å². The van der Waals surface area contributed by atoms with Crippen molar-refractivity contribution in [2.45, 2.75) is 6.92 Å². The number of hydrogen-bond donors (Lipinski definition) is 0. The smallest absolute Gasteiger partial charge is 0.0934 e. The summed E-state index contributed by atoms with van der Waals surface area (Å²) in [4.78, 5) is 0. The summed E-state index contributed by atoms with van der Waals surface area (Å²) in [6.45, 7) is 2.11. The number of fused-ring (bicyclic) bond motifs is 3. The van der Waals surface area contributed by atoms with Crippen molar-refractivity contribution in [3.05, 3.63) is 163 Å². The average Bonchev–Trinajstić information content (AvgIpc) is 3.66. The summed E-state index contributed by atoms with van der Waals surface area (Å²) in [6, 6.07) is 56.0. The van der Waals surface area contributed by atoms with E-state index in [1.165, 1.54) is 38.5 Å². The summed E-state index contributed by atoms with van der Waals surface area (Å²) in [5.74, 6) is 0. The van der Waals surface area contributed by atoms with Crippen LogP contribution in [0.5, 0.6) is 0 Å².